The molecule has 1 radical (unpaired) electrons. The van der Waals surface area contributed by atoms with Crippen molar-refractivity contribution < 1.29 is 24.9 Å². The molecule has 6 heteroatoms. The minimum Gasteiger partial charge on any atom is -0.394 e. The Morgan fingerprint density at radius 3 is 1.77 bits per heavy atom. The Hall–Kier alpha value is -0.690. The van der Waals surface area contributed by atoms with Gasteiger partial charge in [0.25, 0.3) is 0 Å². The number of aliphatic hydroxyl groups excluding tert-OH is 3. The van der Waals surface area contributed by atoms with E-state index >= 15 is 0 Å². The van der Waals surface area contributed by atoms with Crippen LogP contribution in [0.3, 0.4) is 0 Å². The van der Waals surface area contributed by atoms with Gasteiger partial charge in [-0.2, -0.15) is 0 Å². The molecule has 4 N–H and O–H groups in total. The zero-order valence-electron chi connectivity index (χ0n) is 19.1. The third kappa shape index (κ3) is 12.2. The number of carbonyl (C=O) groups excluding carboxylic acids is 1. The van der Waals surface area contributed by atoms with Gasteiger partial charge in [-0.25, -0.2) is 0 Å². The second kappa shape index (κ2) is 17.9. The monoisotopic (exact) mass is 428 g/mol. The molecule has 0 aromatic heterocycles. The summed E-state index contributed by atoms with van der Waals surface area (Å²) in [6.45, 7) is 3.03. The summed E-state index contributed by atoms with van der Waals surface area (Å²) < 4.78 is 5.15. The van der Waals surface area contributed by atoms with Crippen LogP contribution in [0.5, 0.6) is 0 Å². The van der Waals surface area contributed by atoms with E-state index in [1.165, 1.54) is 77.0 Å². The lowest BCUT2D eigenvalue weighted by molar-refractivity contribution is -0.137. The van der Waals surface area contributed by atoms with E-state index in [9.17, 15) is 20.1 Å². The molecule has 0 saturated carbocycles. The molecule has 1 amide bonds. The fourth-order valence-electron chi connectivity index (χ4n) is 4.03. The summed E-state index contributed by atoms with van der Waals surface area (Å²) in [4.78, 5) is 12.1. The van der Waals surface area contributed by atoms with Gasteiger partial charge in [0.1, 0.15) is 24.9 Å². The number of carbonyl (C=O) groups is 1. The van der Waals surface area contributed by atoms with Crippen LogP contribution in [-0.4, -0.2) is 52.2 Å². The summed E-state index contributed by atoms with van der Waals surface area (Å²) in [5.41, 5.74) is 0. The zero-order chi connectivity index (χ0) is 22.0. The van der Waals surface area contributed by atoms with Crippen molar-refractivity contribution in [3.8, 4) is 0 Å². The van der Waals surface area contributed by atoms with Crippen LogP contribution in [0.25, 0.3) is 0 Å². The maximum Gasteiger partial charge on any atom is 0.220 e. The van der Waals surface area contributed by atoms with Crippen LogP contribution in [0, 0.1) is 6.61 Å². The molecule has 1 rings (SSSR count). The lowest BCUT2D eigenvalue weighted by Gasteiger charge is -2.37. The summed E-state index contributed by atoms with van der Waals surface area (Å²) >= 11 is 0. The van der Waals surface area contributed by atoms with Crippen molar-refractivity contribution in [1.82, 2.24) is 5.32 Å². The van der Waals surface area contributed by atoms with Gasteiger partial charge in [-0.1, -0.05) is 96.8 Å². The van der Waals surface area contributed by atoms with Crippen molar-refractivity contribution in [1.29, 1.82) is 0 Å². The number of unbranched alkanes of at least 4 members (excludes halogenated alkanes) is 14. The SMILES string of the molecule is CCCCCCCCCCCCCCCCCC(=O)N[C@H]1[C@H](O)[C@@H](O)[CH]O[C@@H]1CO. The highest BCUT2D eigenvalue weighted by atomic mass is 16.5. The fourth-order valence-corrected chi connectivity index (χ4v) is 4.03. The average molecular weight is 429 g/mol. The predicted molar refractivity (Wildman–Crippen MR) is 120 cm³/mol. The maximum atomic E-state index is 12.1. The molecule has 1 saturated heterocycles. The number of rotatable bonds is 18. The van der Waals surface area contributed by atoms with Crippen LogP contribution < -0.4 is 5.32 Å². The second-order valence-corrected chi connectivity index (χ2v) is 8.77. The van der Waals surface area contributed by atoms with Crippen molar-refractivity contribution in [2.24, 2.45) is 0 Å². The molecule has 0 bridgehead atoms. The van der Waals surface area contributed by atoms with Crippen molar-refractivity contribution in [2.75, 3.05) is 6.61 Å². The molecular formula is C24H46NO5. The lowest BCUT2D eigenvalue weighted by atomic mass is 9.97. The maximum absolute atomic E-state index is 12.1. The number of hydrogen-bond acceptors (Lipinski definition) is 5. The summed E-state index contributed by atoms with van der Waals surface area (Å²) in [6, 6.07) is -0.793. The Morgan fingerprint density at radius 2 is 1.30 bits per heavy atom. The van der Waals surface area contributed by atoms with Crippen LogP contribution in [0.4, 0.5) is 0 Å². The van der Waals surface area contributed by atoms with Gasteiger partial charge in [-0.3, -0.25) is 4.79 Å². The Labute approximate surface area is 183 Å². The molecule has 0 spiro atoms. The van der Waals surface area contributed by atoms with Gasteiger partial charge in [0.2, 0.25) is 5.91 Å². The molecule has 1 aliphatic heterocycles. The minimum atomic E-state index is -1.17. The van der Waals surface area contributed by atoms with Crippen LogP contribution >= 0.6 is 0 Å². The molecule has 0 aromatic carbocycles. The zero-order valence-corrected chi connectivity index (χ0v) is 19.1. The van der Waals surface area contributed by atoms with Crippen LogP contribution in [0.2, 0.25) is 0 Å². The quantitative estimate of drug-likeness (QED) is 0.247. The first-order chi connectivity index (χ1) is 14.6. The molecule has 177 valence electrons. The van der Waals surface area contributed by atoms with Gasteiger partial charge in [0.15, 0.2) is 0 Å². The Kier molecular flexibility index (Phi) is 16.3. The molecule has 4 atom stereocenters. The largest absolute Gasteiger partial charge is 0.394 e. The van der Waals surface area contributed by atoms with Crippen molar-refractivity contribution in [2.45, 2.75) is 134 Å². The highest BCUT2D eigenvalue weighted by Crippen LogP contribution is 2.19. The molecular weight excluding hydrogens is 382 g/mol. The number of nitrogens with one attached hydrogen (secondary N) is 1. The van der Waals surface area contributed by atoms with E-state index in [1.807, 2.05) is 0 Å². The molecule has 30 heavy (non-hydrogen) atoms. The summed E-state index contributed by atoms with van der Waals surface area (Å²) in [7, 11) is 0. The number of ether oxygens (including phenoxy) is 1. The van der Waals surface area contributed by atoms with Gasteiger partial charge in [0, 0.05) is 6.42 Å². The molecule has 6 nitrogen and oxygen atoms in total. The first-order valence-electron chi connectivity index (χ1n) is 12.3. The van der Waals surface area contributed by atoms with E-state index in [0.717, 1.165) is 25.9 Å². The second-order valence-electron chi connectivity index (χ2n) is 8.77. The lowest BCUT2D eigenvalue weighted by Crippen LogP contribution is -2.60. The van der Waals surface area contributed by atoms with E-state index in [2.05, 4.69) is 12.2 Å². The third-order valence-corrected chi connectivity index (χ3v) is 6.03. The summed E-state index contributed by atoms with van der Waals surface area (Å²) in [5, 5.41) is 31.6. The third-order valence-electron chi connectivity index (χ3n) is 6.03. The Bertz CT molecular complexity index is 418. The normalized spacial score (nSPS) is 24.1. The van der Waals surface area contributed by atoms with E-state index in [4.69, 9.17) is 4.74 Å². The topological polar surface area (TPSA) is 99.0 Å². The number of hydrogen-bond donors (Lipinski definition) is 4. The van der Waals surface area contributed by atoms with Crippen molar-refractivity contribution in [3.63, 3.8) is 0 Å². The van der Waals surface area contributed by atoms with Crippen LogP contribution in [0.1, 0.15) is 110 Å². The van der Waals surface area contributed by atoms with Gasteiger partial charge in [-0.05, 0) is 6.42 Å². The van der Waals surface area contributed by atoms with Crippen molar-refractivity contribution in [3.05, 3.63) is 6.61 Å². The highest BCUT2D eigenvalue weighted by molar-refractivity contribution is 5.76. The molecule has 1 aliphatic rings. The standard InChI is InChI=1S/C24H46NO5/c1-2-3-4-5-6-7-8-9-10-11-12-13-14-15-16-17-22(28)25-23-21(18-26)30-19-20(27)24(23)29/h19-21,23-24,26-27,29H,2-18H2,1H3,(H,25,28)/t20-,21+,23+,24+/m0/s1. The summed E-state index contributed by atoms with van der Waals surface area (Å²) in [5.74, 6) is -0.176. The first-order valence-corrected chi connectivity index (χ1v) is 12.3. The van der Waals surface area contributed by atoms with Gasteiger partial charge in [0.05, 0.1) is 12.6 Å². The minimum absolute atomic E-state index is 0.176. The Balaban J connectivity index is 1.92. The fraction of sp³-hybridized carbons (Fsp3) is 0.917. The van der Waals surface area contributed by atoms with Gasteiger partial charge < -0.3 is 25.4 Å². The first kappa shape index (κ1) is 27.3. The number of amides is 1. The average Bonchev–Trinajstić information content (AvgIpc) is 2.74. The van der Waals surface area contributed by atoms with E-state index < -0.39 is 24.4 Å². The number of aliphatic hydroxyl groups is 3. The van der Waals surface area contributed by atoms with Gasteiger partial charge >= 0.3 is 0 Å². The van der Waals surface area contributed by atoms with E-state index in [0.29, 0.717) is 6.42 Å². The van der Waals surface area contributed by atoms with E-state index in [1.54, 1.807) is 0 Å². The Morgan fingerprint density at radius 1 is 0.833 bits per heavy atom. The molecule has 0 unspecified atom stereocenters. The molecule has 0 aromatic rings. The molecule has 1 fully saturated rings. The molecule has 0 aliphatic carbocycles. The highest BCUT2D eigenvalue weighted by Gasteiger charge is 2.39. The predicted octanol–water partition coefficient (Wildman–Crippen LogP) is 4.01. The van der Waals surface area contributed by atoms with E-state index in [-0.39, 0.29) is 12.5 Å². The van der Waals surface area contributed by atoms with Crippen molar-refractivity contribution >= 4 is 5.91 Å². The molecule has 1 heterocycles. The smallest absolute Gasteiger partial charge is 0.220 e. The summed E-state index contributed by atoms with van der Waals surface area (Å²) in [6.07, 6.45) is 16.5. The van der Waals surface area contributed by atoms with Gasteiger partial charge in [-0.15, -0.1) is 0 Å². The van der Waals surface area contributed by atoms with Crippen LogP contribution in [0.15, 0.2) is 0 Å². The van der Waals surface area contributed by atoms with Crippen LogP contribution in [-0.2, 0) is 9.53 Å².